The fourth-order valence-electron chi connectivity index (χ4n) is 3.75. The summed E-state index contributed by atoms with van der Waals surface area (Å²) in [7, 11) is -2.39. The molecule has 1 saturated heterocycles. The molecular formula is C17H18N4O4S. The second-order valence-electron chi connectivity index (χ2n) is 6.35. The first-order valence-electron chi connectivity index (χ1n) is 8.28. The van der Waals surface area contributed by atoms with E-state index in [0.717, 1.165) is 24.1 Å². The van der Waals surface area contributed by atoms with E-state index >= 15 is 0 Å². The Bertz CT molecular complexity index is 945. The Morgan fingerprint density at radius 2 is 2.04 bits per heavy atom. The van der Waals surface area contributed by atoms with Gasteiger partial charge in [-0.05, 0) is 37.1 Å². The number of hydrogen-bond acceptors (Lipinski definition) is 6. The fraction of sp³-hybridized carbons (Fsp3) is 0.353. The molecule has 1 fully saturated rings. The van der Waals surface area contributed by atoms with Crippen LogP contribution in [-0.2, 0) is 21.2 Å². The molecule has 2 unspecified atom stereocenters. The van der Waals surface area contributed by atoms with Crippen LogP contribution in [0.5, 0.6) is 0 Å². The normalized spacial score (nSPS) is 21.9. The lowest BCUT2D eigenvalue weighted by Gasteiger charge is -2.34. The molecule has 9 heteroatoms. The number of carbonyl (C=O) groups is 1. The molecule has 26 heavy (non-hydrogen) atoms. The summed E-state index contributed by atoms with van der Waals surface area (Å²) in [6.07, 6.45) is 4.81. The minimum absolute atomic E-state index is 0.0831. The van der Waals surface area contributed by atoms with Crippen LogP contribution in [0.1, 0.15) is 30.1 Å². The summed E-state index contributed by atoms with van der Waals surface area (Å²) < 4.78 is 32.6. The summed E-state index contributed by atoms with van der Waals surface area (Å²) in [6.45, 7) is 0. The number of amides is 1. The average molecular weight is 374 g/mol. The summed E-state index contributed by atoms with van der Waals surface area (Å²) in [5, 5.41) is 2.51. The maximum Gasteiger partial charge on any atom is 0.411 e. The predicted molar refractivity (Wildman–Crippen MR) is 93.0 cm³/mol. The molecule has 2 bridgehead atoms. The number of rotatable bonds is 3. The monoisotopic (exact) mass is 374 g/mol. The van der Waals surface area contributed by atoms with Gasteiger partial charge in [0.15, 0.2) is 0 Å². The van der Waals surface area contributed by atoms with Gasteiger partial charge < -0.3 is 4.74 Å². The first kappa shape index (κ1) is 16.9. The number of anilines is 1. The van der Waals surface area contributed by atoms with Crippen LogP contribution >= 0.6 is 0 Å². The van der Waals surface area contributed by atoms with Crippen molar-refractivity contribution < 1.29 is 17.9 Å². The molecular weight excluding hydrogens is 356 g/mol. The Balaban J connectivity index is 1.64. The Kier molecular flexibility index (Phi) is 4.12. The summed E-state index contributed by atoms with van der Waals surface area (Å²) in [5.74, 6) is 0. The summed E-state index contributed by atoms with van der Waals surface area (Å²) in [4.78, 5) is 19.8. The third-order valence-corrected chi connectivity index (χ3v) is 6.89. The van der Waals surface area contributed by atoms with Gasteiger partial charge in [0.05, 0.1) is 23.7 Å². The lowest BCUT2D eigenvalue weighted by molar-refractivity contribution is 0.187. The second kappa shape index (κ2) is 6.33. The number of carbonyl (C=O) groups excluding carboxylic acids is 1. The van der Waals surface area contributed by atoms with Gasteiger partial charge >= 0.3 is 6.09 Å². The number of benzene rings is 1. The third-order valence-electron chi connectivity index (χ3n) is 4.92. The van der Waals surface area contributed by atoms with Crippen molar-refractivity contribution in [3.63, 3.8) is 0 Å². The van der Waals surface area contributed by atoms with Crippen LogP contribution in [0.4, 0.5) is 10.5 Å². The molecule has 2 aliphatic heterocycles. The first-order valence-corrected chi connectivity index (χ1v) is 9.72. The van der Waals surface area contributed by atoms with E-state index in [1.165, 1.54) is 25.6 Å². The lowest BCUT2D eigenvalue weighted by Crippen LogP contribution is -2.42. The van der Waals surface area contributed by atoms with Gasteiger partial charge in [-0.2, -0.15) is 4.31 Å². The predicted octanol–water partition coefficient (Wildman–Crippen LogP) is 2.11. The van der Waals surface area contributed by atoms with E-state index in [0.29, 0.717) is 12.1 Å². The number of sulfonamides is 1. The van der Waals surface area contributed by atoms with Gasteiger partial charge in [0.2, 0.25) is 10.0 Å². The van der Waals surface area contributed by atoms with Crippen molar-refractivity contribution in [3.05, 3.63) is 48.0 Å². The molecule has 0 aliphatic carbocycles. The van der Waals surface area contributed by atoms with Crippen molar-refractivity contribution in [1.82, 2.24) is 14.3 Å². The number of aromatic nitrogens is 2. The summed E-state index contributed by atoms with van der Waals surface area (Å²) in [5.41, 5.74) is 2.31. The molecule has 3 heterocycles. The van der Waals surface area contributed by atoms with Gasteiger partial charge in [-0.1, -0.05) is 0 Å². The maximum atomic E-state index is 13.2. The van der Waals surface area contributed by atoms with E-state index in [9.17, 15) is 13.2 Å². The van der Waals surface area contributed by atoms with E-state index in [1.54, 1.807) is 22.6 Å². The van der Waals surface area contributed by atoms with Crippen LogP contribution in [0.15, 0.2) is 41.7 Å². The molecule has 1 amide bonds. The summed E-state index contributed by atoms with van der Waals surface area (Å²) >= 11 is 0. The molecule has 1 N–H and O–H groups in total. The average Bonchev–Trinajstić information content (AvgIpc) is 2.98. The zero-order valence-corrected chi connectivity index (χ0v) is 14.9. The Morgan fingerprint density at radius 3 is 2.77 bits per heavy atom. The van der Waals surface area contributed by atoms with Gasteiger partial charge in [0, 0.05) is 29.9 Å². The molecule has 4 rings (SSSR count). The van der Waals surface area contributed by atoms with Crippen LogP contribution in [-0.4, -0.2) is 41.9 Å². The van der Waals surface area contributed by atoms with Crippen molar-refractivity contribution in [2.75, 3.05) is 12.4 Å². The fourth-order valence-corrected chi connectivity index (χ4v) is 5.60. The lowest BCUT2D eigenvalue weighted by atomic mass is 10.0. The van der Waals surface area contributed by atoms with Crippen LogP contribution in [0.3, 0.4) is 0 Å². The highest BCUT2D eigenvalue weighted by atomic mass is 32.2. The maximum absolute atomic E-state index is 13.2. The van der Waals surface area contributed by atoms with E-state index in [1.807, 2.05) is 0 Å². The molecule has 2 aliphatic rings. The number of methoxy groups -OCH3 is 1. The minimum Gasteiger partial charge on any atom is -0.453 e. The number of nitrogens with zero attached hydrogens (tertiary/aromatic N) is 3. The molecule has 136 valence electrons. The van der Waals surface area contributed by atoms with Gasteiger partial charge in [0.1, 0.15) is 6.33 Å². The third kappa shape index (κ3) is 2.73. The highest BCUT2D eigenvalue weighted by Gasteiger charge is 2.47. The smallest absolute Gasteiger partial charge is 0.411 e. The highest BCUT2D eigenvalue weighted by Crippen LogP contribution is 2.45. The van der Waals surface area contributed by atoms with Gasteiger partial charge in [-0.15, -0.1) is 0 Å². The molecule has 1 aromatic carbocycles. The molecule has 8 nitrogen and oxygen atoms in total. The van der Waals surface area contributed by atoms with Crippen molar-refractivity contribution in [2.24, 2.45) is 0 Å². The van der Waals surface area contributed by atoms with Gasteiger partial charge in [-0.25, -0.2) is 23.2 Å². The SMILES string of the molecule is COC(=O)Nc1ccc(S(=O)(=O)N2C3CCC2c2cncnc2C3)cc1. The van der Waals surface area contributed by atoms with E-state index in [-0.39, 0.29) is 17.0 Å². The van der Waals surface area contributed by atoms with Gasteiger partial charge in [0.25, 0.3) is 0 Å². The number of ether oxygens (including phenoxy) is 1. The van der Waals surface area contributed by atoms with Crippen LogP contribution in [0, 0.1) is 0 Å². The topological polar surface area (TPSA) is 101 Å². The minimum atomic E-state index is -3.66. The Labute approximate surface area is 151 Å². The molecule has 0 saturated carbocycles. The second-order valence-corrected chi connectivity index (χ2v) is 8.19. The largest absolute Gasteiger partial charge is 0.453 e. The molecule has 1 aromatic heterocycles. The van der Waals surface area contributed by atoms with E-state index in [4.69, 9.17) is 0 Å². The molecule has 0 spiro atoms. The Morgan fingerprint density at radius 1 is 1.27 bits per heavy atom. The van der Waals surface area contributed by atoms with Crippen molar-refractivity contribution in [1.29, 1.82) is 0 Å². The quantitative estimate of drug-likeness (QED) is 0.883. The Hall–Kier alpha value is -2.52. The zero-order chi connectivity index (χ0) is 18.3. The number of nitrogens with one attached hydrogen (secondary N) is 1. The van der Waals surface area contributed by atoms with Crippen molar-refractivity contribution >= 4 is 21.8 Å². The standard InChI is InChI=1S/C17H18N4O4S/c1-25-17(22)20-11-2-5-13(6-3-11)26(23,24)21-12-4-7-16(21)14-9-18-10-19-15(14)8-12/h2-3,5-6,9-10,12,16H,4,7-8H2,1H3,(H,20,22). The van der Waals surface area contributed by atoms with Crippen LogP contribution < -0.4 is 5.32 Å². The highest BCUT2D eigenvalue weighted by molar-refractivity contribution is 7.89. The van der Waals surface area contributed by atoms with Crippen LogP contribution in [0.25, 0.3) is 0 Å². The van der Waals surface area contributed by atoms with Gasteiger partial charge in [-0.3, -0.25) is 5.32 Å². The van der Waals surface area contributed by atoms with E-state index in [2.05, 4.69) is 20.0 Å². The summed E-state index contributed by atoms with van der Waals surface area (Å²) in [6, 6.07) is 5.79. The van der Waals surface area contributed by atoms with E-state index < -0.39 is 16.1 Å². The zero-order valence-electron chi connectivity index (χ0n) is 14.1. The number of fused-ring (bicyclic) bond motifs is 4. The van der Waals surface area contributed by atoms with Crippen LogP contribution in [0.2, 0.25) is 0 Å². The molecule has 2 atom stereocenters. The first-order chi connectivity index (χ1) is 12.5. The van der Waals surface area contributed by atoms with Crippen molar-refractivity contribution in [3.8, 4) is 0 Å². The van der Waals surface area contributed by atoms with Crippen molar-refractivity contribution in [2.45, 2.75) is 36.2 Å². The molecule has 0 radical (unpaired) electrons. The number of hydrogen-bond donors (Lipinski definition) is 1. The molecule has 2 aromatic rings.